The van der Waals surface area contributed by atoms with Gasteiger partial charge >= 0.3 is 0 Å². The van der Waals surface area contributed by atoms with Crippen molar-refractivity contribution in [1.29, 1.82) is 0 Å². The smallest absolute Gasteiger partial charge is 0.262 e. The molecule has 0 aliphatic heterocycles. The number of benzene rings is 1. The highest BCUT2D eigenvalue weighted by atomic mass is 35.5. The van der Waals surface area contributed by atoms with Crippen molar-refractivity contribution < 1.29 is 9.53 Å². The summed E-state index contributed by atoms with van der Waals surface area (Å²) in [5.41, 5.74) is 1.71. The quantitative estimate of drug-likeness (QED) is 0.708. The third-order valence-corrected chi connectivity index (χ3v) is 6.05. The molecule has 0 saturated heterocycles. The molecule has 1 aliphatic carbocycles. The maximum Gasteiger partial charge on any atom is 0.262 e. The Kier molecular flexibility index (Phi) is 4.50. The molecule has 1 N–H and O–H groups in total. The summed E-state index contributed by atoms with van der Waals surface area (Å²) < 4.78 is 5.67. The van der Waals surface area contributed by atoms with Gasteiger partial charge in [-0.1, -0.05) is 29.3 Å². The fourth-order valence-electron chi connectivity index (χ4n) is 2.93. The molecule has 0 saturated carbocycles. The van der Waals surface area contributed by atoms with Gasteiger partial charge in [-0.05, 0) is 37.0 Å². The number of anilines is 1. The highest BCUT2D eigenvalue weighted by Gasteiger charge is 2.22. The Morgan fingerprint density at radius 1 is 1.28 bits per heavy atom. The van der Waals surface area contributed by atoms with Crippen LogP contribution >= 0.6 is 34.5 Å². The molecule has 0 unspecified atom stereocenters. The van der Waals surface area contributed by atoms with Crippen LogP contribution in [-0.4, -0.2) is 22.5 Å². The lowest BCUT2D eigenvalue weighted by atomic mass is 10.2. The molecule has 1 aliphatic rings. The Balaban J connectivity index is 1.51. The Morgan fingerprint density at radius 3 is 3.04 bits per heavy atom. The molecule has 2 aromatic heterocycles. The number of ether oxygens (including phenoxy) is 1. The molecular formula is C17H13Cl2N3O2S. The predicted molar refractivity (Wildman–Crippen MR) is 100 cm³/mol. The lowest BCUT2D eigenvalue weighted by Crippen LogP contribution is -2.20. The number of carbonyl (C=O) groups is 1. The summed E-state index contributed by atoms with van der Waals surface area (Å²) in [5.74, 6) is 0.125. The summed E-state index contributed by atoms with van der Waals surface area (Å²) in [4.78, 5) is 23.0. The van der Waals surface area contributed by atoms with Crippen LogP contribution in [0.3, 0.4) is 0 Å². The molecule has 0 bridgehead atoms. The number of aromatic nitrogens is 2. The van der Waals surface area contributed by atoms with Crippen LogP contribution in [0.5, 0.6) is 5.88 Å². The van der Waals surface area contributed by atoms with Crippen molar-refractivity contribution >= 4 is 56.3 Å². The third-order valence-electron chi connectivity index (χ3n) is 4.03. The molecule has 1 amide bonds. The zero-order chi connectivity index (χ0) is 17.4. The van der Waals surface area contributed by atoms with Gasteiger partial charge in [-0.2, -0.15) is 0 Å². The molecule has 4 rings (SSSR count). The van der Waals surface area contributed by atoms with Gasteiger partial charge in [-0.3, -0.25) is 4.79 Å². The van der Waals surface area contributed by atoms with Crippen molar-refractivity contribution in [3.63, 3.8) is 0 Å². The van der Waals surface area contributed by atoms with E-state index in [1.807, 2.05) is 0 Å². The average Bonchev–Trinajstić information content (AvgIpc) is 3.18. The normalized spacial score (nSPS) is 13.0. The molecule has 25 heavy (non-hydrogen) atoms. The lowest BCUT2D eigenvalue weighted by molar-refractivity contribution is -0.118. The Bertz CT molecular complexity index is 974. The van der Waals surface area contributed by atoms with E-state index in [-0.39, 0.29) is 12.5 Å². The minimum atomic E-state index is -0.331. The summed E-state index contributed by atoms with van der Waals surface area (Å²) in [6.45, 7) is -0.167. The molecule has 0 radical (unpaired) electrons. The third kappa shape index (κ3) is 3.17. The topological polar surface area (TPSA) is 64.1 Å². The standard InChI is InChI=1S/C17H13Cl2N3O2S/c18-10-4-2-5-11(15(10)19)22-13(23)7-24-16-14-9-3-1-6-12(9)25-17(14)21-8-20-16/h2,4-5,8H,1,3,6-7H2,(H,22,23). The first kappa shape index (κ1) is 16.6. The second kappa shape index (κ2) is 6.78. The molecule has 0 spiro atoms. The van der Waals surface area contributed by atoms with Gasteiger partial charge in [0.2, 0.25) is 5.88 Å². The molecule has 0 fully saturated rings. The monoisotopic (exact) mass is 393 g/mol. The van der Waals surface area contributed by atoms with E-state index in [9.17, 15) is 4.79 Å². The summed E-state index contributed by atoms with van der Waals surface area (Å²) in [7, 11) is 0. The van der Waals surface area contributed by atoms with Crippen molar-refractivity contribution in [2.24, 2.45) is 0 Å². The number of aryl methyl sites for hydroxylation is 2. The van der Waals surface area contributed by atoms with Gasteiger partial charge in [0.05, 0.1) is 21.1 Å². The number of hydrogen-bond acceptors (Lipinski definition) is 5. The Hall–Kier alpha value is -1.89. The average molecular weight is 394 g/mol. The lowest BCUT2D eigenvalue weighted by Gasteiger charge is -2.09. The molecule has 1 aromatic carbocycles. The highest BCUT2D eigenvalue weighted by Crippen LogP contribution is 2.39. The molecule has 3 aromatic rings. The number of carbonyl (C=O) groups excluding carboxylic acids is 1. The van der Waals surface area contributed by atoms with Crippen LogP contribution in [0.25, 0.3) is 10.2 Å². The zero-order valence-corrected chi connectivity index (χ0v) is 15.3. The fourth-order valence-corrected chi connectivity index (χ4v) is 4.50. The van der Waals surface area contributed by atoms with Gasteiger partial charge < -0.3 is 10.1 Å². The number of nitrogens with one attached hydrogen (secondary N) is 1. The van der Waals surface area contributed by atoms with E-state index in [4.69, 9.17) is 27.9 Å². The van der Waals surface area contributed by atoms with Crippen molar-refractivity contribution in [3.05, 3.63) is 45.0 Å². The molecule has 0 atom stereocenters. The van der Waals surface area contributed by atoms with E-state index in [0.717, 1.165) is 29.5 Å². The Morgan fingerprint density at radius 2 is 2.16 bits per heavy atom. The number of amides is 1. The maximum atomic E-state index is 12.2. The van der Waals surface area contributed by atoms with E-state index in [1.165, 1.54) is 16.8 Å². The minimum absolute atomic E-state index is 0.167. The van der Waals surface area contributed by atoms with E-state index >= 15 is 0 Å². The maximum absolute atomic E-state index is 12.2. The van der Waals surface area contributed by atoms with Crippen LogP contribution in [0.4, 0.5) is 5.69 Å². The minimum Gasteiger partial charge on any atom is -0.467 e. The van der Waals surface area contributed by atoms with Crippen LogP contribution in [0.2, 0.25) is 10.0 Å². The largest absolute Gasteiger partial charge is 0.467 e. The van der Waals surface area contributed by atoms with E-state index < -0.39 is 0 Å². The predicted octanol–water partition coefficient (Wildman–Crippen LogP) is 4.50. The van der Waals surface area contributed by atoms with Gasteiger partial charge in [0.1, 0.15) is 11.2 Å². The van der Waals surface area contributed by atoms with Gasteiger partial charge in [0, 0.05) is 4.88 Å². The highest BCUT2D eigenvalue weighted by molar-refractivity contribution is 7.18. The van der Waals surface area contributed by atoms with Gasteiger partial charge in [-0.15, -0.1) is 11.3 Å². The number of nitrogens with zero attached hydrogens (tertiary/aromatic N) is 2. The second-order valence-electron chi connectivity index (χ2n) is 5.65. The number of halogens is 2. The molecular weight excluding hydrogens is 381 g/mol. The molecule has 2 heterocycles. The van der Waals surface area contributed by atoms with Crippen LogP contribution in [-0.2, 0) is 17.6 Å². The van der Waals surface area contributed by atoms with Gasteiger partial charge in [-0.25, -0.2) is 9.97 Å². The number of rotatable bonds is 4. The number of fused-ring (bicyclic) bond motifs is 3. The van der Waals surface area contributed by atoms with Gasteiger partial charge in [0.15, 0.2) is 6.61 Å². The fraction of sp³-hybridized carbons (Fsp3) is 0.235. The van der Waals surface area contributed by atoms with Crippen LogP contribution in [0, 0.1) is 0 Å². The van der Waals surface area contributed by atoms with E-state index in [2.05, 4.69) is 15.3 Å². The van der Waals surface area contributed by atoms with Gasteiger partial charge in [0.25, 0.3) is 5.91 Å². The van der Waals surface area contributed by atoms with Crippen molar-refractivity contribution in [2.45, 2.75) is 19.3 Å². The first-order valence-corrected chi connectivity index (χ1v) is 9.32. The summed E-state index contributed by atoms with van der Waals surface area (Å²) in [6.07, 6.45) is 4.68. The zero-order valence-electron chi connectivity index (χ0n) is 13.0. The molecule has 8 heteroatoms. The first-order chi connectivity index (χ1) is 12.1. The summed E-state index contributed by atoms with van der Waals surface area (Å²) >= 11 is 13.7. The van der Waals surface area contributed by atoms with Crippen LogP contribution in [0.15, 0.2) is 24.5 Å². The summed E-state index contributed by atoms with van der Waals surface area (Å²) in [5, 5.41) is 4.32. The SMILES string of the molecule is O=C(COc1ncnc2sc3c(c12)CCC3)Nc1cccc(Cl)c1Cl. The van der Waals surface area contributed by atoms with E-state index in [0.29, 0.717) is 21.6 Å². The van der Waals surface area contributed by atoms with Crippen molar-refractivity contribution in [2.75, 3.05) is 11.9 Å². The first-order valence-electron chi connectivity index (χ1n) is 7.75. The van der Waals surface area contributed by atoms with Crippen LogP contribution in [0.1, 0.15) is 16.9 Å². The molecule has 128 valence electrons. The number of hydrogen-bond donors (Lipinski definition) is 1. The van der Waals surface area contributed by atoms with Crippen molar-refractivity contribution in [1.82, 2.24) is 9.97 Å². The van der Waals surface area contributed by atoms with Crippen molar-refractivity contribution in [3.8, 4) is 5.88 Å². The van der Waals surface area contributed by atoms with Crippen LogP contribution < -0.4 is 10.1 Å². The second-order valence-corrected chi connectivity index (χ2v) is 7.52. The Labute approximate surface area is 158 Å². The summed E-state index contributed by atoms with van der Waals surface area (Å²) in [6, 6.07) is 5.05. The van der Waals surface area contributed by atoms with E-state index in [1.54, 1.807) is 29.5 Å². The number of thiophene rings is 1. The molecule has 5 nitrogen and oxygen atoms in total.